The molecule has 2 fully saturated rings. The van der Waals surface area contributed by atoms with Crippen LogP contribution in [0, 0.1) is 5.82 Å². The number of likely N-dealkylation sites (tertiary alicyclic amines) is 1. The third kappa shape index (κ3) is 3.61. The van der Waals surface area contributed by atoms with Crippen molar-refractivity contribution < 1.29 is 28.6 Å². The largest absolute Gasteiger partial charge is 0.507 e. The summed E-state index contributed by atoms with van der Waals surface area (Å²) >= 11 is 0. The first-order valence-corrected chi connectivity index (χ1v) is 12.2. The number of aliphatic hydroxyl groups excluding tert-OH is 1. The number of Topliss-reactive ketones (excluding diaryl/α,β-unsaturated/α-hetero) is 1. The number of morpholine rings is 1. The number of carbonyl (C=O) groups is 3. The molecule has 0 aromatic heterocycles. The van der Waals surface area contributed by atoms with E-state index < -0.39 is 34.7 Å². The second kappa shape index (κ2) is 9.48. The Morgan fingerprint density at radius 2 is 1.72 bits per heavy atom. The smallest absolute Gasteiger partial charge is 0.296 e. The lowest BCUT2D eigenvalue weighted by atomic mass is 9.82. The van der Waals surface area contributed by atoms with Crippen molar-refractivity contribution in [2.24, 2.45) is 0 Å². The second-order valence-electron chi connectivity index (χ2n) is 9.10. The first kappa shape index (κ1) is 24.1. The molecule has 1 atom stereocenters. The Kier molecular flexibility index (Phi) is 6.36. The molecule has 2 saturated heterocycles. The van der Waals surface area contributed by atoms with Crippen LogP contribution in [0.2, 0.25) is 0 Å². The highest BCUT2D eigenvalue weighted by molar-refractivity contribution is 6.50. The first-order valence-electron chi connectivity index (χ1n) is 12.2. The monoisotopic (exact) mass is 493 g/mol. The molecule has 0 aliphatic carbocycles. The van der Waals surface area contributed by atoms with E-state index in [0.29, 0.717) is 44.0 Å². The van der Waals surface area contributed by atoms with E-state index in [1.165, 1.54) is 21.9 Å². The number of para-hydroxylation sites is 1. The number of rotatable bonds is 6. The van der Waals surface area contributed by atoms with Crippen molar-refractivity contribution >= 4 is 29.0 Å². The predicted octanol–water partition coefficient (Wildman–Crippen LogP) is 2.49. The van der Waals surface area contributed by atoms with Gasteiger partial charge in [0.2, 0.25) is 0 Å². The molecule has 3 aliphatic rings. The number of ketones is 1. The molecule has 2 aromatic carbocycles. The summed E-state index contributed by atoms with van der Waals surface area (Å²) in [5.41, 5.74) is -0.841. The molecule has 0 saturated carbocycles. The van der Waals surface area contributed by atoms with Crippen molar-refractivity contribution in [1.29, 1.82) is 0 Å². The molecule has 2 amide bonds. The third-order valence-electron chi connectivity index (χ3n) is 7.20. The second-order valence-corrected chi connectivity index (χ2v) is 9.10. The molecule has 8 nitrogen and oxygen atoms in total. The van der Waals surface area contributed by atoms with Crippen LogP contribution in [-0.4, -0.2) is 78.4 Å². The van der Waals surface area contributed by atoms with E-state index in [1.54, 1.807) is 24.3 Å². The van der Waals surface area contributed by atoms with Gasteiger partial charge in [-0.1, -0.05) is 18.2 Å². The Hall–Kier alpha value is -3.56. The van der Waals surface area contributed by atoms with E-state index in [1.807, 2.05) is 6.92 Å². The maximum atomic E-state index is 14.1. The van der Waals surface area contributed by atoms with E-state index in [2.05, 4.69) is 4.90 Å². The fourth-order valence-corrected chi connectivity index (χ4v) is 5.51. The predicted molar refractivity (Wildman–Crippen MR) is 131 cm³/mol. The molecule has 1 spiro atoms. The average molecular weight is 494 g/mol. The summed E-state index contributed by atoms with van der Waals surface area (Å²) in [6, 6.07) is 12.0. The van der Waals surface area contributed by atoms with Gasteiger partial charge in [-0.25, -0.2) is 4.39 Å². The van der Waals surface area contributed by atoms with Gasteiger partial charge in [0, 0.05) is 43.9 Å². The van der Waals surface area contributed by atoms with E-state index in [4.69, 9.17) is 4.74 Å². The minimum absolute atomic E-state index is 0.153. The third-order valence-corrected chi connectivity index (χ3v) is 7.20. The summed E-state index contributed by atoms with van der Waals surface area (Å²) in [4.78, 5) is 46.2. The Morgan fingerprint density at radius 1 is 1.03 bits per heavy atom. The first-order chi connectivity index (χ1) is 17.4. The summed E-state index contributed by atoms with van der Waals surface area (Å²) in [7, 11) is 0. The molecule has 5 rings (SSSR count). The highest BCUT2D eigenvalue weighted by Crippen LogP contribution is 2.53. The Morgan fingerprint density at radius 3 is 2.42 bits per heavy atom. The zero-order chi connectivity index (χ0) is 25.4. The number of likely N-dealkylation sites (N-methyl/N-ethyl adjacent to an activating group) is 1. The fraction of sp³-hybridized carbons (Fsp3) is 0.370. The molecule has 36 heavy (non-hydrogen) atoms. The summed E-state index contributed by atoms with van der Waals surface area (Å²) in [5, 5.41) is 11.3. The summed E-state index contributed by atoms with van der Waals surface area (Å²) < 4.78 is 19.0. The van der Waals surface area contributed by atoms with E-state index in [-0.39, 0.29) is 17.7 Å². The minimum Gasteiger partial charge on any atom is -0.507 e. The molecule has 0 bridgehead atoms. The molecule has 3 heterocycles. The van der Waals surface area contributed by atoms with Gasteiger partial charge in [-0.2, -0.15) is 0 Å². The number of aliphatic hydroxyl groups is 1. The molecule has 188 valence electrons. The molecule has 1 unspecified atom stereocenters. The van der Waals surface area contributed by atoms with Crippen LogP contribution in [0.3, 0.4) is 0 Å². The zero-order valence-electron chi connectivity index (χ0n) is 20.1. The lowest BCUT2D eigenvalue weighted by molar-refractivity contribution is -0.143. The van der Waals surface area contributed by atoms with Crippen molar-refractivity contribution in [1.82, 2.24) is 9.80 Å². The van der Waals surface area contributed by atoms with Crippen LogP contribution >= 0.6 is 0 Å². The molecule has 1 N–H and O–H groups in total. The maximum absolute atomic E-state index is 14.1. The number of amides is 2. The van der Waals surface area contributed by atoms with Gasteiger partial charge in [0.1, 0.15) is 11.6 Å². The van der Waals surface area contributed by atoms with Crippen molar-refractivity contribution in [3.63, 3.8) is 0 Å². The number of fused-ring (bicyclic) bond motifs is 2. The van der Waals surface area contributed by atoms with Gasteiger partial charge in [-0.3, -0.25) is 19.3 Å². The van der Waals surface area contributed by atoms with E-state index in [9.17, 15) is 23.9 Å². The van der Waals surface area contributed by atoms with Crippen molar-refractivity contribution in [2.45, 2.75) is 18.9 Å². The molecule has 3 aliphatic heterocycles. The average Bonchev–Trinajstić information content (AvgIpc) is 3.27. The Balaban J connectivity index is 1.64. The topological polar surface area (TPSA) is 90.4 Å². The van der Waals surface area contributed by atoms with Crippen LogP contribution < -0.4 is 4.90 Å². The molecular formula is C27H28FN3O5. The SMILES string of the molecule is CCN1C(=O)C2(/C(=C(\O)c3ccc(F)cc3)C(=O)C(=O)N2CCCN2CCOCC2)c2ccccc21. The minimum atomic E-state index is -1.79. The van der Waals surface area contributed by atoms with Crippen LogP contribution in [0.4, 0.5) is 10.1 Å². The zero-order valence-corrected chi connectivity index (χ0v) is 20.1. The van der Waals surface area contributed by atoms with Crippen LogP contribution in [-0.2, 0) is 24.7 Å². The van der Waals surface area contributed by atoms with Gasteiger partial charge in [-0.05, 0) is 43.7 Å². The van der Waals surface area contributed by atoms with E-state index in [0.717, 1.165) is 25.2 Å². The van der Waals surface area contributed by atoms with Crippen LogP contribution in [0.15, 0.2) is 54.1 Å². The van der Waals surface area contributed by atoms with E-state index >= 15 is 0 Å². The van der Waals surface area contributed by atoms with Gasteiger partial charge < -0.3 is 19.6 Å². The Bertz CT molecular complexity index is 1240. The van der Waals surface area contributed by atoms with Crippen LogP contribution in [0.1, 0.15) is 24.5 Å². The molecule has 9 heteroatoms. The lowest BCUT2D eigenvalue weighted by Gasteiger charge is -2.35. The normalized spacial score (nSPS) is 23.7. The number of hydrogen-bond acceptors (Lipinski definition) is 6. The van der Waals surface area contributed by atoms with Gasteiger partial charge in [0.05, 0.1) is 24.5 Å². The van der Waals surface area contributed by atoms with Crippen molar-refractivity contribution in [2.75, 3.05) is 50.8 Å². The molecule has 2 aromatic rings. The van der Waals surface area contributed by atoms with Crippen LogP contribution in [0.5, 0.6) is 0 Å². The maximum Gasteiger partial charge on any atom is 0.296 e. The van der Waals surface area contributed by atoms with Crippen LogP contribution in [0.25, 0.3) is 5.76 Å². The number of benzene rings is 2. The lowest BCUT2D eigenvalue weighted by Crippen LogP contribution is -2.52. The number of anilines is 1. The number of nitrogens with zero attached hydrogens (tertiary/aromatic N) is 3. The van der Waals surface area contributed by atoms with Gasteiger partial charge in [0.15, 0.2) is 5.54 Å². The summed E-state index contributed by atoms with van der Waals surface area (Å²) in [6.45, 7) is 5.80. The number of ether oxygens (including phenoxy) is 1. The summed E-state index contributed by atoms with van der Waals surface area (Å²) in [5.74, 6) is -3.22. The van der Waals surface area contributed by atoms with Gasteiger partial charge in [-0.15, -0.1) is 0 Å². The summed E-state index contributed by atoms with van der Waals surface area (Å²) in [6.07, 6.45) is 0.535. The quantitative estimate of drug-likeness (QED) is 0.378. The number of halogens is 1. The van der Waals surface area contributed by atoms with Crippen molar-refractivity contribution in [3.8, 4) is 0 Å². The number of carbonyl (C=O) groups excluding carboxylic acids is 3. The van der Waals surface area contributed by atoms with Gasteiger partial charge >= 0.3 is 0 Å². The highest BCUT2D eigenvalue weighted by atomic mass is 19.1. The molecule has 0 radical (unpaired) electrons. The number of hydrogen-bond donors (Lipinski definition) is 1. The fourth-order valence-electron chi connectivity index (χ4n) is 5.51. The molecular weight excluding hydrogens is 465 g/mol. The van der Waals surface area contributed by atoms with Crippen molar-refractivity contribution in [3.05, 3.63) is 71.0 Å². The Labute approximate surface area is 208 Å². The standard InChI is InChI=1S/C27H28FN3O5/c1-2-30-21-7-4-3-6-20(21)27(26(30)35)22(23(32)18-8-10-19(28)11-9-18)24(33)25(34)31(27)13-5-12-29-14-16-36-17-15-29/h3-4,6-11,32H,2,5,12-17H2,1H3/b23-22-. The highest BCUT2D eigenvalue weighted by Gasteiger charge is 2.66. The van der Waals surface area contributed by atoms with Gasteiger partial charge in [0.25, 0.3) is 17.6 Å².